The third-order valence-electron chi connectivity index (χ3n) is 3.26. The normalized spacial score (nSPS) is 24.6. The van der Waals surface area contributed by atoms with Crippen LogP contribution in [0.25, 0.3) is 6.08 Å². The highest BCUT2D eigenvalue weighted by atomic mass is 16.6. The van der Waals surface area contributed by atoms with Crippen molar-refractivity contribution in [3.63, 3.8) is 0 Å². The molecule has 22 heavy (non-hydrogen) atoms. The number of phenols is 1. The van der Waals surface area contributed by atoms with E-state index in [0.29, 0.717) is 11.3 Å². The van der Waals surface area contributed by atoms with Gasteiger partial charge in [0.05, 0.1) is 13.7 Å². The summed E-state index contributed by atoms with van der Waals surface area (Å²) in [6, 6.07) is 4.63. The topological polar surface area (TPSA) is 105 Å². The Morgan fingerprint density at radius 3 is 2.86 bits per heavy atom. The number of hydrogen-bond acceptors (Lipinski definition) is 7. The van der Waals surface area contributed by atoms with Crippen molar-refractivity contribution in [3.05, 3.63) is 29.8 Å². The molecule has 3 N–H and O–H groups in total. The number of carbonyl (C=O) groups is 1. The van der Waals surface area contributed by atoms with Crippen LogP contribution in [-0.4, -0.2) is 59.9 Å². The summed E-state index contributed by atoms with van der Waals surface area (Å²) < 4.78 is 15.0. The van der Waals surface area contributed by atoms with Gasteiger partial charge in [-0.25, -0.2) is 4.79 Å². The minimum atomic E-state index is -1.06. The maximum absolute atomic E-state index is 11.6. The number of hydrogen-bond donors (Lipinski definition) is 3. The third kappa shape index (κ3) is 3.97. The van der Waals surface area contributed by atoms with Gasteiger partial charge in [-0.1, -0.05) is 6.07 Å². The number of aliphatic hydroxyl groups is 2. The van der Waals surface area contributed by atoms with Crippen molar-refractivity contribution in [1.82, 2.24) is 0 Å². The lowest BCUT2D eigenvalue weighted by atomic mass is 10.1. The quantitative estimate of drug-likeness (QED) is 0.522. The molecule has 1 fully saturated rings. The average molecular weight is 310 g/mol. The van der Waals surface area contributed by atoms with Crippen molar-refractivity contribution in [3.8, 4) is 11.5 Å². The second-order valence-electron chi connectivity index (χ2n) is 4.82. The zero-order valence-electron chi connectivity index (χ0n) is 12.0. The van der Waals surface area contributed by atoms with E-state index in [0.717, 1.165) is 0 Å². The Hall–Kier alpha value is -2.09. The van der Waals surface area contributed by atoms with E-state index in [9.17, 15) is 20.1 Å². The molecule has 0 radical (unpaired) electrons. The van der Waals surface area contributed by atoms with Crippen LogP contribution in [0.3, 0.4) is 0 Å². The van der Waals surface area contributed by atoms with Crippen LogP contribution in [0.2, 0.25) is 0 Å². The molecule has 1 aliphatic rings. The molecule has 1 aromatic carbocycles. The number of rotatable bonds is 5. The van der Waals surface area contributed by atoms with Crippen LogP contribution < -0.4 is 4.74 Å². The molecule has 0 aromatic heterocycles. The predicted molar refractivity (Wildman–Crippen MR) is 76.4 cm³/mol. The molecule has 1 heterocycles. The summed E-state index contributed by atoms with van der Waals surface area (Å²) in [6.07, 6.45) is -0.0164. The largest absolute Gasteiger partial charge is 0.504 e. The maximum atomic E-state index is 11.6. The van der Waals surface area contributed by atoms with Crippen LogP contribution >= 0.6 is 0 Å². The Morgan fingerprint density at radius 1 is 1.45 bits per heavy atom. The molecule has 7 heteroatoms. The van der Waals surface area contributed by atoms with Crippen LogP contribution in [0.5, 0.6) is 11.5 Å². The van der Waals surface area contributed by atoms with Gasteiger partial charge in [0, 0.05) is 6.08 Å². The summed E-state index contributed by atoms with van der Waals surface area (Å²) in [7, 11) is 1.43. The third-order valence-corrected chi connectivity index (χ3v) is 3.26. The Morgan fingerprint density at radius 2 is 2.23 bits per heavy atom. The van der Waals surface area contributed by atoms with Crippen molar-refractivity contribution in [1.29, 1.82) is 0 Å². The minimum Gasteiger partial charge on any atom is -0.504 e. The molecule has 0 saturated carbocycles. The van der Waals surface area contributed by atoms with Crippen LogP contribution in [-0.2, 0) is 14.3 Å². The van der Waals surface area contributed by atoms with E-state index in [1.165, 1.54) is 25.3 Å². The molecular formula is C15H18O7. The van der Waals surface area contributed by atoms with Gasteiger partial charge in [0.2, 0.25) is 0 Å². The van der Waals surface area contributed by atoms with Gasteiger partial charge in [-0.15, -0.1) is 0 Å². The standard InChI is InChI=1S/C15H18O7/c1-20-12-6-9(2-4-10(12)16)3-5-14(18)22-8-13-15(19)11(17)7-21-13/h2-6,11,13,15-17,19H,7-8H2,1H3/b5-3+/t11-,13-,15+/m0/s1. The van der Waals surface area contributed by atoms with Gasteiger partial charge in [0.25, 0.3) is 0 Å². The summed E-state index contributed by atoms with van der Waals surface area (Å²) in [5, 5.41) is 28.3. The SMILES string of the molecule is COc1cc(/C=C/C(=O)OC[C@@H]2OC[C@H](O)[C@H]2O)ccc1O. The molecule has 3 atom stereocenters. The van der Waals surface area contributed by atoms with Crippen LogP contribution in [0.1, 0.15) is 5.56 Å². The van der Waals surface area contributed by atoms with Gasteiger partial charge in [-0.2, -0.15) is 0 Å². The zero-order chi connectivity index (χ0) is 16.1. The lowest BCUT2D eigenvalue weighted by Crippen LogP contribution is -2.33. The molecule has 1 aromatic rings. The Bertz CT molecular complexity index is 555. The van der Waals surface area contributed by atoms with Gasteiger partial charge in [-0.3, -0.25) is 0 Å². The highest BCUT2D eigenvalue weighted by Crippen LogP contribution is 2.26. The molecule has 2 rings (SSSR count). The summed E-state index contributed by atoms with van der Waals surface area (Å²) in [4.78, 5) is 11.6. The van der Waals surface area contributed by atoms with E-state index < -0.39 is 24.3 Å². The Labute approximate surface area is 127 Å². The number of ether oxygens (including phenoxy) is 3. The highest BCUT2D eigenvalue weighted by Gasteiger charge is 2.35. The molecule has 0 unspecified atom stereocenters. The number of methoxy groups -OCH3 is 1. The molecule has 120 valence electrons. The lowest BCUT2D eigenvalue weighted by molar-refractivity contribution is -0.142. The average Bonchev–Trinajstić information content (AvgIpc) is 2.83. The second kappa shape index (κ2) is 7.26. The Kier molecular flexibility index (Phi) is 5.37. The molecule has 7 nitrogen and oxygen atoms in total. The maximum Gasteiger partial charge on any atom is 0.330 e. The van der Waals surface area contributed by atoms with E-state index in [2.05, 4.69) is 0 Å². The Balaban J connectivity index is 1.86. The summed E-state index contributed by atoms with van der Waals surface area (Å²) >= 11 is 0. The molecule has 0 spiro atoms. The predicted octanol–water partition coefficient (Wildman–Crippen LogP) is 0.0778. The fourth-order valence-corrected chi connectivity index (χ4v) is 1.99. The van der Waals surface area contributed by atoms with Gasteiger partial charge in [-0.05, 0) is 23.8 Å². The fraction of sp³-hybridized carbons (Fsp3) is 0.400. The van der Waals surface area contributed by atoms with Gasteiger partial charge >= 0.3 is 5.97 Å². The smallest absolute Gasteiger partial charge is 0.330 e. The second-order valence-corrected chi connectivity index (χ2v) is 4.82. The first-order valence-electron chi connectivity index (χ1n) is 6.71. The number of carbonyl (C=O) groups excluding carboxylic acids is 1. The van der Waals surface area contributed by atoms with E-state index in [1.807, 2.05) is 0 Å². The van der Waals surface area contributed by atoms with E-state index in [1.54, 1.807) is 12.1 Å². The van der Waals surface area contributed by atoms with E-state index >= 15 is 0 Å². The number of esters is 1. The highest BCUT2D eigenvalue weighted by molar-refractivity contribution is 5.87. The number of aliphatic hydroxyl groups excluding tert-OH is 2. The summed E-state index contributed by atoms with van der Waals surface area (Å²) in [5.74, 6) is -0.302. The first-order chi connectivity index (χ1) is 10.5. The molecule has 0 amide bonds. The van der Waals surface area contributed by atoms with Crippen molar-refractivity contribution in [2.75, 3.05) is 20.3 Å². The fourth-order valence-electron chi connectivity index (χ4n) is 1.99. The van der Waals surface area contributed by atoms with E-state index in [4.69, 9.17) is 14.2 Å². The zero-order valence-corrected chi connectivity index (χ0v) is 12.0. The molecule has 0 aliphatic carbocycles. The monoisotopic (exact) mass is 310 g/mol. The van der Waals surface area contributed by atoms with Gasteiger partial charge in [0.15, 0.2) is 11.5 Å². The van der Waals surface area contributed by atoms with Crippen LogP contribution in [0.4, 0.5) is 0 Å². The van der Waals surface area contributed by atoms with Crippen LogP contribution in [0.15, 0.2) is 24.3 Å². The first-order valence-corrected chi connectivity index (χ1v) is 6.71. The summed E-state index contributed by atoms with van der Waals surface area (Å²) in [5.41, 5.74) is 0.652. The molecule has 1 aliphatic heterocycles. The molecule has 0 bridgehead atoms. The van der Waals surface area contributed by atoms with Crippen molar-refractivity contribution in [2.45, 2.75) is 18.3 Å². The molecule has 1 saturated heterocycles. The number of aromatic hydroxyl groups is 1. The molecular weight excluding hydrogens is 292 g/mol. The van der Waals surface area contributed by atoms with E-state index in [-0.39, 0.29) is 19.0 Å². The van der Waals surface area contributed by atoms with Crippen molar-refractivity contribution in [2.24, 2.45) is 0 Å². The minimum absolute atomic E-state index is 0.00755. The number of benzene rings is 1. The van der Waals surface area contributed by atoms with Crippen LogP contribution in [0, 0.1) is 0 Å². The first kappa shape index (κ1) is 16.3. The number of phenolic OH excluding ortho intramolecular Hbond substituents is 1. The lowest BCUT2D eigenvalue weighted by Gasteiger charge is -2.13. The summed E-state index contributed by atoms with van der Waals surface area (Å²) in [6.45, 7) is -0.118. The van der Waals surface area contributed by atoms with Crippen molar-refractivity contribution < 1.29 is 34.3 Å². The van der Waals surface area contributed by atoms with Gasteiger partial charge < -0.3 is 29.5 Å². The van der Waals surface area contributed by atoms with Gasteiger partial charge in [0.1, 0.15) is 24.9 Å². The van der Waals surface area contributed by atoms with Crippen molar-refractivity contribution >= 4 is 12.0 Å².